The number of hydrogen-bond donors (Lipinski definition) is 1. The Hall–Kier alpha value is -0.630. The Kier molecular flexibility index (Phi) is 31.5. The molecule has 0 atom stereocenters. The standard InChI is InChI=1S/C7H13NO.2C2H6/c1-3-7(5-6-9)8-4-2;2*1-2/h3-4,9H,5-6H2,1-2H3;2*1-2H3/b7-3-,8-4?;;. The maximum Gasteiger partial charge on any atom is 0.0486 e. The number of hydrogen-bond acceptors (Lipinski definition) is 2. The summed E-state index contributed by atoms with van der Waals surface area (Å²) in [4.78, 5) is 4.01. The van der Waals surface area contributed by atoms with Crippen molar-refractivity contribution in [1.82, 2.24) is 0 Å². The molecule has 0 aliphatic rings. The van der Waals surface area contributed by atoms with E-state index < -0.39 is 0 Å². The van der Waals surface area contributed by atoms with Gasteiger partial charge in [0, 0.05) is 24.9 Å². The van der Waals surface area contributed by atoms with Gasteiger partial charge in [-0.1, -0.05) is 33.8 Å². The first kappa shape index (κ1) is 18.2. The van der Waals surface area contributed by atoms with E-state index in [-0.39, 0.29) is 6.61 Å². The molecule has 0 aliphatic carbocycles. The first-order valence-corrected chi connectivity index (χ1v) is 5.09. The van der Waals surface area contributed by atoms with Gasteiger partial charge in [0.2, 0.25) is 0 Å². The molecule has 0 aromatic heterocycles. The van der Waals surface area contributed by atoms with Crippen molar-refractivity contribution in [2.75, 3.05) is 6.61 Å². The predicted molar refractivity (Wildman–Crippen MR) is 62.3 cm³/mol. The lowest BCUT2D eigenvalue weighted by molar-refractivity contribution is 0.299. The third kappa shape index (κ3) is 18.4. The van der Waals surface area contributed by atoms with Gasteiger partial charge in [-0.25, -0.2) is 0 Å². The van der Waals surface area contributed by atoms with Gasteiger partial charge in [-0.2, -0.15) is 0 Å². The first-order chi connectivity index (χ1) is 6.35. The summed E-state index contributed by atoms with van der Waals surface area (Å²) in [6, 6.07) is 0. The molecule has 0 unspecified atom stereocenters. The van der Waals surface area contributed by atoms with E-state index in [0.29, 0.717) is 6.42 Å². The second kappa shape index (κ2) is 22.5. The SMILES string of the molecule is CC.CC.CC=N/C(=C\C)CCO. The Bertz CT molecular complexity index is 117. The average Bonchev–Trinajstić information content (AvgIpc) is 2.23. The van der Waals surface area contributed by atoms with E-state index >= 15 is 0 Å². The Morgan fingerprint density at radius 3 is 1.85 bits per heavy atom. The van der Waals surface area contributed by atoms with Crippen LogP contribution in [0.5, 0.6) is 0 Å². The first-order valence-electron chi connectivity index (χ1n) is 5.09. The molecule has 0 fully saturated rings. The highest BCUT2D eigenvalue weighted by Gasteiger charge is 1.86. The van der Waals surface area contributed by atoms with Gasteiger partial charge >= 0.3 is 0 Å². The van der Waals surface area contributed by atoms with Gasteiger partial charge in [-0.3, -0.25) is 4.99 Å². The Morgan fingerprint density at radius 2 is 1.62 bits per heavy atom. The molecule has 13 heavy (non-hydrogen) atoms. The van der Waals surface area contributed by atoms with Gasteiger partial charge in [0.1, 0.15) is 0 Å². The monoisotopic (exact) mass is 187 g/mol. The minimum Gasteiger partial charge on any atom is -0.396 e. The van der Waals surface area contributed by atoms with Crippen LogP contribution in [0.2, 0.25) is 0 Å². The molecule has 80 valence electrons. The quantitative estimate of drug-likeness (QED) is 0.675. The molecule has 2 nitrogen and oxygen atoms in total. The molecule has 0 saturated carbocycles. The van der Waals surface area contributed by atoms with Gasteiger partial charge in [0.05, 0.1) is 0 Å². The molecule has 0 heterocycles. The van der Waals surface area contributed by atoms with Gasteiger partial charge < -0.3 is 5.11 Å². The molecule has 0 aromatic carbocycles. The zero-order valence-electron chi connectivity index (χ0n) is 9.96. The van der Waals surface area contributed by atoms with Crippen molar-refractivity contribution in [2.45, 2.75) is 48.0 Å². The van der Waals surface area contributed by atoms with E-state index in [1.807, 2.05) is 47.6 Å². The minimum atomic E-state index is 0.178. The largest absolute Gasteiger partial charge is 0.396 e. The van der Waals surface area contributed by atoms with Crippen LogP contribution in [0.3, 0.4) is 0 Å². The lowest BCUT2D eigenvalue weighted by Crippen LogP contribution is -1.84. The fourth-order valence-corrected chi connectivity index (χ4v) is 0.564. The molecule has 0 radical (unpaired) electrons. The molecule has 0 bridgehead atoms. The third-order valence-electron chi connectivity index (χ3n) is 0.996. The molecule has 0 aliphatic heterocycles. The highest BCUT2D eigenvalue weighted by Crippen LogP contribution is 1.99. The van der Waals surface area contributed by atoms with E-state index in [4.69, 9.17) is 5.11 Å². The maximum atomic E-state index is 8.48. The van der Waals surface area contributed by atoms with E-state index in [9.17, 15) is 0 Å². The van der Waals surface area contributed by atoms with Gasteiger partial charge in [0.25, 0.3) is 0 Å². The average molecular weight is 187 g/mol. The smallest absolute Gasteiger partial charge is 0.0486 e. The van der Waals surface area contributed by atoms with Gasteiger partial charge in [-0.05, 0) is 13.8 Å². The summed E-state index contributed by atoms with van der Waals surface area (Å²) in [5, 5.41) is 8.48. The molecular weight excluding hydrogens is 162 g/mol. The summed E-state index contributed by atoms with van der Waals surface area (Å²) in [7, 11) is 0. The van der Waals surface area contributed by atoms with Gasteiger partial charge in [0.15, 0.2) is 0 Å². The number of rotatable bonds is 3. The molecule has 2 heteroatoms. The number of nitrogens with zero attached hydrogens (tertiary/aromatic N) is 1. The second-order valence-electron chi connectivity index (χ2n) is 1.64. The highest BCUT2D eigenvalue weighted by atomic mass is 16.3. The summed E-state index contributed by atoms with van der Waals surface area (Å²) >= 11 is 0. The van der Waals surface area contributed by atoms with Crippen LogP contribution in [-0.2, 0) is 0 Å². The normalized spacial score (nSPS) is 9.92. The van der Waals surface area contributed by atoms with E-state index in [1.54, 1.807) is 6.21 Å². The van der Waals surface area contributed by atoms with Crippen LogP contribution in [-0.4, -0.2) is 17.9 Å². The van der Waals surface area contributed by atoms with Crippen LogP contribution in [0.15, 0.2) is 16.8 Å². The van der Waals surface area contributed by atoms with Crippen molar-refractivity contribution in [3.05, 3.63) is 11.8 Å². The molecule has 0 spiro atoms. The van der Waals surface area contributed by atoms with Crippen molar-refractivity contribution in [3.8, 4) is 0 Å². The molecular formula is C11H25NO. The highest BCUT2D eigenvalue weighted by molar-refractivity contribution is 5.55. The summed E-state index contributed by atoms with van der Waals surface area (Å²) in [6.07, 6.45) is 4.28. The van der Waals surface area contributed by atoms with E-state index in [2.05, 4.69) is 4.99 Å². The van der Waals surface area contributed by atoms with Crippen LogP contribution >= 0.6 is 0 Å². The molecule has 0 aromatic rings. The van der Waals surface area contributed by atoms with Crippen molar-refractivity contribution >= 4 is 6.21 Å². The number of aliphatic imine (C=N–C) groups is 1. The molecule has 0 saturated heterocycles. The third-order valence-corrected chi connectivity index (χ3v) is 0.996. The zero-order valence-corrected chi connectivity index (χ0v) is 9.96. The van der Waals surface area contributed by atoms with Crippen LogP contribution in [0.4, 0.5) is 0 Å². The van der Waals surface area contributed by atoms with Crippen LogP contribution in [0, 0.1) is 0 Å². The fourth-order valence-electron chi connectivity index (χ4n) is 0.564. The number of aliphatic hydroxyl groups is 1. The number of aliphatic hydroxyl groups excluding tert-OH is 1. The minimum absolute atomic E-state index is 0.178. The Labute approximate surface area is 83.4 Å². The van der Waals surface area contributed by atoms with Crippen LogP contribution in [0.25, 0.3) is 0 Å². The summed E-state index contributed by atoms with van der Waals surface area (Å²) in [6.45, 7) is 12.0. The predicted octanol–water partition coefficient (Wildman–Crippen LogP) is 3.42. The van der Waals surface area contributed by atoms with Crippen LogP contribution < -0.4 is 0 Å². The summed E-state index contributed by atoms with van der Waals surface area (Å²) in [5.74, 6) is 0. The maximum absolute atomic E-state index is 8.48. The van der Waals surface area contributed by atoms with Crippen molar-refractivity contribution in [3.63, 3.8) is 0 Å². The lowest BCUT2D eigenvalue weighted by Gasteiger charge is -1.93. The summed E-state index contributed by atoms with van der Waals surface area (Å²) in [5.41, 5.74) is 0.944. The molecule has 0 rings (SSSR count). The molecule has 0 amide bonds. The Balaban J connectivity index is -0.000000218. The second-order valence-corrected chi connectivity index (χ2v) is 1.64. The Morgan fingerprint density at radius 1 is 1.15 bits per heavy atom. The fraction of sp³-hybridized carbons (Fsp3) is 0.727. The van der Waals surface area contributed by atoms with Crippen LogP contribution in [0.1, 0.15) is 48.0 Å². The van der Waals surface area contributed by atoms with Crippen molar-refractivity contribution in [1.29, 1.82) is 0 Å². The number of allylic oxidation sites excluding steroid dienone is 1. The van der Waals surface area contributed by atoms with E-state index in [0.717, 1.165) is 5.70 Å². The van der Waals surface area contributed by atoms with E-state index in [1.165, 1.54) is 0 Å². The van der Waals surface area contributed by atoms with Gasteiger partial charge in [-0.15, -0.1) is 0 Å². The van der Waals surface area contributed by atoms with Crippen molar-refractivity contribution < 1.29 is 5.11 Å². The topological polar surface area (TPSA) is 32.6 Å². The summed E-state index contributed by atoms with van der Waals surface area (Å²) < 4.78 is 0. The zero-order chi connectivity index (χ0) is 11.1. The molecule has 1 N–H and O–H groups in total. The lowest BCUT2D eigenvalue weighted by atomic mass is 10.3. The van der Waals surface area contributed by atoms with Crippen molar-refractivity contribution in [2.24, 2.45) is 4.99 Å².